The summed E-state index contributed by atoms with van der Waals surface area (Å²) in [4.78, 5) is 34.2. The van der Waals surface area contributed by atoms with E-state index in [0.29, 0.717) is 11.6 Å². The van der Waals surface area contributed by atoms with Crippen LogP contribution in [-0.4, -0.2) is 27.2 Å². The molecule has 0 aliphatic heterocycles. The van der Waals surface area contributed by atoms with E-state index in [4.69, 9.17) is 0 Å². The third-order valence-electron chi connectivity index (χ3n) is 4.14. The number of amides is 1. The minimum atomic E-state index is -0.176. The van der Waals surface area contributed by atoms with E-state index in [1.807, 2.05) is 20.8 Å². The lowest BCUT2D eigenvalue weighted by atomic mass is 9.97. The standard InChI is InChI=1S/C17H23N3O2S2/c1-9(2)18-15(21)10(3)23-8-13-19-16(22)14-11-6-4-5-7-12(11)24-17(14)20-13/h9-10H,4-8H2,1-3H3,(H,18,21)(H,19,20,22)/t10-/m0/s1. The number of aryl methyl sites for hydroxylation is 2. The Morgan fingerprint density at radius 1 is 1.33 bits per heavy atom. The van der Waals surface area contributed by atoms with Gasteiger partial charge in [0.15, 0.2) is 0 Å². The maximum absolute atomic E-state index is 12.5. The summed E-state index contributed by atoms with van der Waals surface area (Å²) in [5.74, 6) is 1.20. The third-order valence-corrected chi connectivity index (χ3v) is 6.48. The average Bonchev–Trinajstić information content (AvgIpc) is 2.90. The first kappa shape index (κ1) is 17.5. The molecule has 3 rings (SSSR count). The molecule has 0 aromatic carbocycles. The number of H-pyrrole nitrogens is 1. The number of thioether (sulfide) groups is 1. The van der Waals surface area contributed by atoms with Crippen LogP contribution in [0, 0.1) is 0 Å². The normalized spacial score (nSPS) is 15.5. The lowest BCUT2D eigenvalue weighted by Gasteiger charge is -2.13. The van der Waals surface area contributed by atoms with Crippen LogP contribution in [0.2, 0.25) is 0 Å². The van der Waals surface area contributed by atoms with Crippen LogP contribution in [0.4, 0.5) is 0 Å². The zero-order valence-electron chi connectivity index (χ0n) is 14.3. The molecular formula is C17H23N3O2S2. The molecule has 24 heavy (non-hydrogen) atoms. The van der Waals surface area contributed by atoms with Gasteiger partial charge in [-0.3, -0.25) is 9.59 Å². The van der Waals surface area contributed by atoms with Crippen LogP contribution in [0.3, 0.4) is 0 Å². The van der Waals surface area contributed by atoms with E-state index < -0.39 is 0 Å². The fourth-order valence-electron chi connectivity index (χ4n) is 2.96. The largest absolute Gasteiger partial charge is 0.353 e. The van der Waals surface area contributed by atoms with Crippen LogP contribution >= 0.6 is 23.1 Å². The number of rotatable bonds is 5. The highest BCUT2D eigenvalue weighted by Gasteiger charge is 2.20. The van der Waals surface area contributed by atoms with E-state index >= 15 is 0 Å². The molecular weight excluding hydrogens is 342 g/mol. The van der Waals surface area contributed by atoms with Crippen molar-refractivity contribution in [3.05, 3.63) is 26.6 Å². The Balaban J connectivity index is 1.76. The van der Waals surface area contributed by atoms with Crippen molar-refractivity contribution in [2.24, 2.45) is 0 Å². The molecule has 2 aromatic heterocycles. The molecule has 1 aliphatic carbocycles. The summed E-state index contributed by atoms with van der Waals surface area (Å²) in [6, 6.07) is 0.132. The van der Waals surface area contributed by atoms with Crippen LogP contribution < -0.4 is 10.9 Å². The number of thiophene rings is 1. The van der Waals surface area contributed by atoms with Crippen molar-refractivity contribution in [1.29, 1.82) is 0 Å². The van der Waals surface area contributed by atoms with Crippen LogP contribution in [0.15, 0.2) is 4.79 Å². The van der Waals surface area contributed by atoms with Gasteiger partial charge in [-0.25, -0.2) is 4.98 Å². The lowest BCUT2D eigenvalue weighted by Crippen LogP contribution is -2.36. The molecule has 0 bridgehead atoms. The van der Waals surface area contributed by atoms with E-state index in [2.05, 4.69) is 15.3 Å². The van der Waals surface area contributed by atoms with Gasteiger partial charge in [-0.1, -0.05) is 0 Å². The predicted octanol–water partition coefficient (Wildman–Crippen LogP) is 3.01. The molecule has 0 saturated heterocycles. The van der Waals surface area contributed by atoms with Crippen LogP contribution in [-0.2, 0) is 23.4 Å². The Bertz CT molecular complexity index is 810. The zero-order chi connectivity index (χ0) is 17.3. The van der Waals surface area contributed by atoms with Gasteiger partial charge in [-0.05, 0) is 52.0 Å². The van der Waals surface area contributed by atoms with Crippen molar-refractivity contribution >= 4 is 39.2 Å². The van der Waals surface area contributed by atoms with Crippen molar-refractivity contribution in [2.45, 2.75) is 63.5 Å². The molecule has 130 valence electrons. The molecule has 5 nitrogen and oxygen atoms in total. The number of carbonyl (C=O) groups excluding carboxylic acids is 1. The molecule has 0 radical (unpaired) electrons. The van der Waals surface area contributed by atoms with Gasteiger partial charge >= 0.3 is 0 Å². The molecule has 1 atom stereocenters. The first-order valence-electron chi connectivity index (χ1n) is 8.41. The highest BCUT2D eigenvalue weighted by Crippen LogP contribution is 2.33. The van der Waals surface area contributed by atoms with E-state index in [-0.39, 0.29) is 22.8 Å². The second-order valence-electron chi connectivity index (χ2n) is 6.52. The topological polar surface area (TPSA) is 74.8 Å². The minimum Gasteiger partial charge on any atom is -0.353 e. The Morgan fingerprint density at radius 2 is 2.08 bits per heavy atom. The summed E-state index contributed by atoms with van der Waals surface area (Å²) in [5, 5.41) is 3.51. The second kappa shape index (κ2) is 7.27. The van der Waals surface area contributed by atoms with Crippen molar-refractivity contribution in [3.8, 4) is 0 Å². The van der Waals surface area contributed by atoms with Gasteiger partial charge in [0.25, 0.3) is 5.56 Å². The highest BCUT2D eigenvalue weighted by molar-refractivity contribution is 7.99. The predicted molar refractivity (Wildman–Crippen MR) is 101 cm³/mol. The van der Waals surface area contributed by atoms with Gasteiger partial charge in [0.2, 0.25) is 5.91 Å². The molecule has 0 fully saturated rings. The number of nitrogens with one attached hydrogen (secondary N) is 2. The molecule has 1 amide bonds. The van der Waals surface area contributed by atoms with E-state index in [0.717, 1.165) is 29.5 Å². The Kier molecular flexibility index (Phi) is 5.30. The number of aromatic amines is 1. The van der Waals surface area contributed by atoms with Gasteiger partial charge in [0.1, 0.15) is 10.7 Å². The number of aromatic nitrogens is 2. The van der Waals surface area contributed by atoms with Crippen LogP contribution in [0.1, 0.15) is 49.9 Å². The van der Waals surface area contributed by atoms with Gasteiger partial charge in [-0.15, -0.1) is 23.1 Å². The Hall–Kier alpha value is -1.34. The number of nitrogens with zero attached hydrogens (tertiary/aromatic N) is 1. The van der Waals surface area contributed by atoms with Gasteiger partial charge in [-0.2, -0.15) is 0 Å². The number of fused-ring (bicyclic) bond motifs is 3. The van der Waals surface area contributed by atoms with Gasteiger partial charge < -0.3 is 10.3 Å². The van der Waals surface area contributed by atoms with Crippen molar-refractivity contribution in [2.75, 3.05) is 0 Å². The summed E-state index contributed by atoms with van der Waals surface area (Å²) < 4.78 is 0. The van der Waals surface area contributed by atoms with Gasteiger partial charge in [0.05, 0.1) is 16.4 Å². The summed E-state index contributed by atoms with van der Waals surface area (Å²) in [5.41, 5.74) is 1.17. The fourth-order valence-corrected chi connectivity index (χ4v) is 5.00. The Morgan fingerprint density at radius 3 is 2.83 bits per heavy atom. The molecule has 2 heterocycles. The maximum Gasteiger partial charge on any atom is 0.259 e. The SMILES string of the molecule is CC(C)NC(=O)[C@H](C)SCc1nc2sc3c(c2c(=O)[nH]1)CCCC3. The van der Waals surface area contributed by atoms with E-state index in [1.165, 1.54) is 28.6 Å². The quantitative estimate of drug-likeness (QED) is 0.854. The van der Waals surface area contributed by atoms with Crippen molar-refractivity contribution in [1.82, 2.24) is 15.3 Å². The van der Waals surface area contributed by atoms with Gasteiger partial charge in [0, 0.05) is 10.9 Å². The third kappa shape index (κ3) is 3.67. The molecule has 2 N–H and O–H groups in total. The van der Waals surface area contributed by atoms with Crippen molar-refractivity contribution < 1.29 is 4.79 Å². The van der Waals surface area contributed by atoms with E-state index in [1.54, 1.807) is 11.3 Å². The monoisotopic (exact) mass is 365 g/mol. The van der Waals surface area contributed by atoms with Crippen molar-refractivity contribution in [3.63, 3.8) is 0 Å². The smallest absolute Gasteiger partial charge is 0.259 e. The molecule has 0 saturated carbocycles. The Labute approximate surface area is 149 Å². The summed E-state index contributed by atoms with van der Waals surface area (Å²) in [6.45, 7) is 5.77. The number of hydrogen-bond donors (Lipinski definition) is 2. The maximum atomic E-state index is 12.5. The molecule has 1 aliphatic rings. The van der Waals surface area contributed by atoms with Crippen LogP contribution in [0.25, 0.3) is 10.2 Å². The fraction of sp³-hybridized carbons (Fsp3) is 0.588. The molecule has 0 spiro atoms. The van der Waals surface area contributed by atoms with Crippen LogP contribution in [0.5, 0.6) is 0 Å². The number of carbonyl (C=O) groups is 1. The van der Waals surface area contributed by atoms with E-state index in [9.17, 15) is 9.59 Å². The summed E-state index contributed by atoms with van der Waals surface area (Å²) in [6.07, 6.45) is 4.40. The first-order chi connectivity index (χ1) is 11.5. The molecule has 0 unspecified atom stereocenters. The molecule has 7 heteroatoms. The first-order valence-corrected chi connectivity index (χ1v) is 10.3. The lowest BCUT2D eigenvalue weighted by molar-refractivity contribution is -0.120. The highest BCUT2D eigenvalue weighted by atomic mass is 32.2. The second-order valence-corrected chi connectivity index (χ2v) is 8.93. The summed E-state index contributed by atoms with van der Waals surface area (Å²) in [7, 11) is 0. The summed E-state index contributed by atoms with van der Waals surface area (Å²) >= 11 is 3.15. The average molecular weight is 366 g/mol. The minimum absolute atomic E-state index is 0.0185. The zero-order valence-corrected chi connectivity index (χ0v) is 15.9. The number of hydrogen-bond acceptors (Lipinski definition) is 5. The molecule has 2 aromatic rings.